The number of piperidine rings is 1. The molecule has 0 radical (unpaired) electrons. The summed E-state index contributed by atoms with van der Waals surface area (Å²) in [5.41, 5.74) is -0.534. The second-order valence-corrected chi connectivity index (χ2v) is 8.07. The van der Waals surface area contributed by atoms with Crippen molar-refractivity contribution in [3.8, 4) is 0 Å². The molecule has 1 N–H and O–H groups in total. The number of hydrogen-bond acceptors (Lipinski definition) is 4. The van der Waals surface area contributed by atoms with Gasteiger partial charge in [-0.25, -0.2) is 4.79 Å². The molecule has 0 aromatic carbocycles. The summed E-state index contributed by atoms with van der Waals surface area (Å²) in [6.45, 7) is 9.08. The van der Waals surface area contributed by atoms with Crippen molar-refractivity contribution < 1.29 is 14.3 Å². The average molecular weight is 339 g/mol. The van der Waals surface area contributed by atoms with Gasteiger partial charge in [-0.2, -0.15) is 0 Å². The van der Waals surface area contributed by atoms with Crippen molar-refractivity contribution in [1.29, 1.82) is 0 Å². The lowest BCUT2D eigenvalue weighted by Crippen LogP contribution is -2.48. The van der Waals surface area contributed by atoms with Gasteiger partial charge >= 0.3 is 6.09 Å². The second kappa shape index (κ2) is 8.19. The first-order valence-electron chi connectivity index (χ1n) is 9.23. The molecule has 2 saturated heterocycles. The number of amides is 2. The van der Waals surface area contributed by atoms with E-state index in [9.17, 15) is 9.59 Å². The minimum Gasteiger partial charge on any atom is -0.444 e. The Bertz CT molecular complexity index is 441. The van der Waals surface area contributed by atoms with Crippen molar-refractivity contribution in [1.82, 2.24) is 15.1 Å². The van der Waals surface area contributed by atoms with Gasteiger partial charge in [0.2, 0.25) is 5.91 Å². The van der Waals surface area contributed by atoms with Crippen LogP contribution in [0, 0.1) is 5.92 Å². The summed E-state index contributed by atoms with van der Waals surface area (Å²) in [6, 6.07) is -0.363. The number of likely N-dealkylation sites (tertiary alicyclic amines) is 1. The van der Waals surface area contributed by atoms with Crippen LogP contribution in [0.15, 0.2) is 0 Å². The molecule has 6 heteroatoms. The maximum absolute atomic E-state index is 12.8. The van der Waals surface area contributed by atoms with Crippen molar-refractivity contribution in [2.24, 2.45) is 5.92 Å². The van der Waals surface area contributed by atoms with E-state index in [2.05, 4.69) is 5.32 Å². The highest BCUT2D eigenvalue weighted by molar-refractivity contribution is 5.86. The van der Waals surface area contributed by atoms with E-state index in [1.807, 2.05) is 27.8 Å². The molecule has 2 aliphatic heterocycles. The number of carbonyl (C=O) groups is 2. The second-order valence-electron chi connectivity index (χ2n) is 8.07. The van der Waals surface area contributed by atoms with Crippen LogP contribution in [0.2, 0.25) is 0 Å². The third-order valence-electron chi connectivity index (χ3n) is 4.87. The Morgan fingerprint density at radius 2 is 1.88 bits per heavy atom. The molecule has 2 fully saturated rings. The minimum atomic E-state index is -0.534. The van der Waals surface area contributed by atoms with Gasteiger partial charge in [-0.1, -0.05) is 0 Å². The number of nitrogens with one attached hydrogen (secondary N) is 1. The van der Waals surface area contributed by atoms with Crippen LogP contribution in [0.4, 0.5) is 4.79 Å². The molecule has 1 atom stereocenters. The van der Waals surface area contributed by atoms with Gasteiger partial charge in [0.15, 0.2) is 0 Å². The van der Waals surface area contributed by atoms with Crippen molar-refractivity contribution in [3.05, 3.63) is 0 Å². The maximum atomic E-state index is 12.8. The van der Waals surface area contributed by atoms with Crippen LogP contribution in [-0.2, 0) is 9.53 Å². The van der Waals surface area contributed by atoms with Crippen LogP contribution < -0.4 is 5.32 Å². The summed E-state index contributed by atoms with van der Waals surface area (Å²) >= 11 is 0. The van der Waals surface area contributed by atoms with Crippen LogP contribution in [0.5, 0.6) is 0 Å². The van der Waals surface area contributed by atoms with E-state index in [1.165, 1.54) is 12.8 Å². The molecule has 1 unspecified atom stereocenters. The number of carbonyl (C=O) groups excluding carboxylic acids is 2. The normalized spacial score (nSPS) is 22.5. The van der Waals surface area contributed by atoms with Gasteiger partial charge in [-0.05, 0) is 71.9 Å². The van der Waals surface area contributed by atoms with E-state index >= 15 is 0 Å². The van der Waals surface area contributed by atoms with E-state index in [0.29, 0.717) is 12.5 Å². The van der Waals surface area contributed by atoms with Gasteiger partial charge in [0.1, 0.15) is 11.6 Å². The molecule has 2 heterocycles. The topological polar surface area (TPSA) is 61.9 Å². The lowest BCUT2D eigenvalue weighted by molar-refractivity contribution is -0.134. The number of nitrogens with zero attached hydrogens (tertiary/aromatic N) is 2. The van der Waals surface area contributed by atoms with Crippen molar-refractivity contribution >= 4 is 12.0 Å². The highest BCUT2D eigenvalue weighted by Crippen LogP contribution is 2.23. The molecule has 24 heavy (non-hydrogen) atoms. The van der Waals surface area contributed by atoms with Crippen LogP contribution in [-0.4, -0.2) is 66.7 Å². The highest BCUT2D eigenvalue weighted by atomic mass is 16.6. The van der Waals surface area contributed by atoms with E-state index in [-0.39, 0.29) is 18.0 Å². The van der Waals surface area contributed by atoms with Crippen LogP contribution >= 0.6 is 0 Å². The van der Waals surface area contributed by atoms with E-state index in [1.54, 1.807) is 9.80 Å². The van der Waals surface area contributed by atoms with E-state index in [4.69, 9.17) is 4.74 Å². The first-order valence-corrected chi connectivity index (χ1v) is 9.23. The van der Waals surface area contributed by atoms with Gasteiger partial charge in [0.25, 0.3) is 0 Å². The zero-order valence-electron chi connectivity index (χ0n) is 15.6. The molecule has 0 bridgehead atoms. The summed E-state index contributed by atoms with van der Waals surface area (Å²) in [4.78, 5) is 28.5. The molecule has 2 amide bonds. The number of hydrogen-bond donors (Lipinski definition) is 1. The molecule has 6 nitrogen and oxygen atoms in total. The van der Waals surface area contributed by atoms with E-state index in [0.717, 1.165) is 38.9 Å². The van der Waals surface area contributed by atoms with Crippen molar-refractivity contribution in [2.75, 3.05) is 33.2 Å². The fraction of sp³-hybridized carbons (Fsp3) is 0.889. The van der Waals surface area contributed by atoms with Crippen LogP contribution in [0.25, 0.3) is 0 Å². The number of likely N-dealkylation sites (N-methyl/N-ethyl adjacent to an activating group) is 1. The largest absolute Gasteiger partial charge is 0.444 e. The van der Waals surface area contributed by atoms with Gasteiger partial charge < -0.3 is 15.0 Å². The van der Waals surface area contributed by atoms with E-state index < -0.39 is 5.60 Å². The van der Waals surface area contributed by atoms with Crippen molar-refractivity contribution in [2.45, 2.75) is 64.5 Å². The molecule has 0 aromatic heterocycles. The lowest BCUT2D eigenvalue weighted by Gasteiger charge is -2.31. The fourth-order valence-electron chi connectivity index (χ4n) is 3.47. The Labute approximate surface area is 145 Å². The smallest absolute Gasteiger partial charge is 0.410 e. The Morgan fingerprint density at radius 3 is 2.50 bits per heavy atom. The molecular weight excluding hydrogens is 306 g/mol. The molecule has 2 rings (SSSR count). The Morgan fingerprint density at radius 1 is 1.21 bits per heavy atom. The summed E-state index contributed by atoms with van der Waals surface area (Å²) in [5, 5.41) is 3.37. The third-order valence-corrected chi connectivity index (χ3v) is 4.87. The Kier molecular flexibility index (Phi) is 6.49. The minimum absolute atomic E-state index is 0.0484. The highest BCUT2D eigenvalue weighted by Gasteiger charge is 2.37. The quantitative estimate of drug-likeness (QED) is 0.853. The third kappa shape index (κ3) is 5.36. The van der Waals surface area contributed by atoms with Gasteiger partial charge in [0, 0.05) is 20.1 Å². The molecule has 0 saturated carbocycles. The van der Waals surface area contributed by atoms with Crippen LogP contribution in [0.3, 0.4) is 0 Å². The molecular formula is C18H33N3O3. The van der Waals surface area contributed by atoms with Gasteiger partial charge in [-0.15, -0.1) is 0 Å². The van der Waals surface area contributed by atoms with Gasteiger partial charge in [-0.3, -0.25) is 9.69 Å². The average Bonchev–Trinajstić information content (AvgIpc) is 3.01. The monoisotopic (exact) mass is 339 g/mol. The maximum Gasteiger partial charge on any atom is 0.410 e. The lowest BCUT2D eigenvalue weighted by atomic mass is 9.94. The number of rotatable bonds is 4. The van der Waals surface area contributed by atoms with Crippen molar-refractivity contribution in [3.63, 3.8) is 0 Å². The zero-order chi connectivity index (χ0) is 17.7. The number of ether oxygens (including phenoxy) is 1. The molecule has 2 aliphatic rings. The van der Waals surface area contributed by atoms with Crippen LogP contribution in [0.1, 0.15) is 52.9 Å². The zero-order valence-corrected chi connectivity index (χ0v) is 15.6. The molecule has 0 aliphatic carbocycles. The first-order chi connectivity index (χ1) is 11.3. The summed E-state index contributed by atoms with van der Waals surface area (Å²) in [6.07, 6.45) is 4.65. The first kappa shape index (κ1) is 19.0. The summed E-state index contributed by atoms with van der Waals surface area (Å²) < 4.78 is 5.45. The van der Waals surface area contributed by atoms with Gasteiger partial charge in [0.05, 0.1) is 0 Å². The molecule has 0 aromatic rings. The standard InChI is InChI=1S/C18H33N3O3/c1-18(2,3)24-17(23)21-12-5-6-15(21)16(22)20(4)13-9-14-7-10-19-11-8-14/h14-15,19H,5-13H2,1-4H3. The predicted octanol–water partition coefficient (Wildman–Crippen LogP) is 2.23. The molecule has 138 valence electrons. The predicted molar refractivity (Wildman–Crippen MR) is 93.8 cm³/mol. The summed E-state index contributed by atoms with van der Waals surface area (Å²) in [7, 11) is 1.86. The summed E-state index contributed by atoms with van der Waals surface area (Å²) in [5.74, 6) is 0.749. The molecule has 0 spiro atoms. The SMILES string of the molecule is CN(CCC1CCNCC1)C(=O)C1CCCN1C(=O)OC(C)(C)C. The Balaban J connectivity index is 1.85. The Hall–Kier alpha value is -1.30. The fourth-order valence-corrected chi connectivity index (χ4v) is 3.47.